The molecule has 1 heterocycles. The van der Waals surface area contributed by atoms with Crippen LogP contribution in [0, 0.1) is 5.92 Å². The fourth-order valence-electron chi connectivity index (χ4n) is 5.89. The highest BCUT2D eigenvalue weighted by molar-refractivity contribution is 6.01. The Morgan fingerprint density at radius 1 is 0.667 bits per heavy atom. The molecule has 42 heavy (non-hydrogen) atoms. The lowest BCUT2D eigenvalue weighted by molar-refractivity contribution is -0.218. The van der Waals surface area contributed by atoms with E-state index in [1.54, 1.807) is 0 Å². The number of benzene rings is 4. The molecule has 0 radical (unpaired) electrons. The molecule has 5 rings (SSSR count). The first-order chi connectivity index (χ1) is 20.6. The summed E-state index contributed by atoms with van der Waals surface area (Å²) in [5.41, 5.74) is 6.30. The number of ketones is 1. The predicted molar refractivity (Wildman–Crippen MR) is 168 cm³/mol. The van der Waals surface area contributed by atoms with Crippen LogP contribution < -0.4 is 0 Å². The van der Waals surface area contributed by atoms with Crippen molar-refractivity contribution in [3.05, 3.63) is 143 Å². The van der Waals surface area contributed by atoms with E-state index in [0.29, 0.717) is 25.2 Å². The first-order valence-electron chi connectivity index (χ1n) is 15.2. The van der Waals surface area contributed by atoms with E-state index in [0.717, 1.165) is 29.5 Å². The Bertz CT molecular complexity index is 1400. The van der Waals surface area contributed by atoms with Crippen molar-refractivity contribution >= 4 is 5.78 Å². The van der Waals surface area contributed by atoms with E-state index < -0.39 is 12.2 Å². The van der Waals surface area contributed by atoms with Crippen molar-refractivity contribution in [1.82, 2.24) is 0 Å². The fraction of sp³-hybridized carbons (Fsp3) is 0.342. The Morgan fingerprint density at radius 2 is 1.21 bits per heavy atom. The number of Topliss-reactive ketones (excluding diaryl/α,β-unsaturated/α-hetero) is 1. The van der Waals surface area contributed by atoms with Crippen molar-refractivity contribution in [2.24, 2.45) is 5.92 Å². The number of hydrogen-bond donors (Lipinski definition) is 0. The summed E-state index contributed by atoms with van der Waals surface area (Å²) >= 11 is 0. The molecule has 4 aromatic carbocycles. The van der Waals surface area contributed by atoms with E-state index in [1.165, 1.54) is 11.1 Å². The van der Waals surface area contributed by atoms with Gasteiger partial charge in [0.1, 0.15) is 12.2 Å². The summed E-state index contributed by atoms with van der Waals surface area (Å²) in [6.45, 7) is 7.24. The van der Waals surface area contributed by atoms with Gasteiger partial charge in [0.05, 0.1) is 25.4 Å². The molecular weight excluding hydrogens is 520 g/mol. The van der Waals surface area contributed by atoms with Crippen molar-refractivity contribution in [1.29, 1.82) is 0 Å². The maximum absolute atomic E-state index is 14.5. The van der Waals surface area contributed by atoms with Gasteiger partial charge in [0, 0.05) is 11.5 Å². The van der Waals surface area contributed by atoms with Gasteiger partial charge in [0.15, 0.2) is 5.78 Å². The van der Waals surface area contributed by atoms with Gasteiger partial charge >= 0.3 is 0 Å². The molecule has 0 saturated carbocycles. The zero-order valence-corrected chi connectivity index (χ0v) is 24.9. The summed E-state index contributed by atoms with van der Waals surface area (Å²) in [5, 5.41) is 0. The van der Waals surface area contributed by atoms with Crippen LogP contribution >= 0.6 is 0 Å². The number of carbonyl (C=O) groups excluding carboxylic acids is 1. The van der Waals surface area contributed by atoms with E-state index in [2.05, 4.69) is 57.2 Å². The Kier molecular flexibility index (Phi) is 10.4. The highest BCUT2D eigenvalue weighted by Crippen LogP contribution is 2.35. The van der Waals surface area contributed by atoms with Gasteiger partial charge in [-0.2, -0.15) is 0 Å². The van der Waals surface area contributed by atoms with Crippen molar-refractivity contribution in [3.8, 4) is 0 Å². The third-order valence-corrected chi connectivity index (χ3v) is 8.39. The van der Waals surface area contributed by atoms with Crippen LogP contribution in [-0.2, 0) is 40.3 Å². The highest BCUT2D eigenvalue weighted by atomic mass is 16.6. The van der Waals surface area contributed by atoms with Gasteiger partial charge in [-0.3, -0.25) is 4.79 Å². The van der Waals surface area contributed by atoms with Gasteiger partial charge in [-0.15, -0.1) is 0 Å². The summed E-state index contributed by atoms with van der Waals surface area (Å²) in [6.07, 6.45) is 0.696. The zero-order valence-electron chi connectivity index (χ0n) is 24.9. The monoisotopic (exact) mass is 562 g/mol. The third-order valence-electron chi connectivity index (χ3n) is 8.39. The maximum atomic E-state index is 14.5. The molecule has 1 fully saturated rings. The molecule has 5 atom stereocenters. The van der Waals surface area contributed by atoms with Crippen molar-refractivity contribution in [2.45, 2.75) is 77.7 Å². The molecule has 4 heteroatoms. The van der Waals surface area contributed by atoms with Crippen molar-refractivity contribution < 1.29 is 19.0 Å². The molecule has 4 aromatic rings. The van der Waals surface area contributed by atoms with Crippen LogP contribution in [0.4, 0.5) is 0 Å². The second-order valence-corrected chi connectivity index (χ2v) is 11.3. The number of hydrogen-bond acceptors (Lipinski definition) is 4. The summed E-state index contributed by atoms with van der Waals surface area (Å²) in [7, 11) is 0. The molecule has 4 nitrogen and oxygen atoms in total. The van der Waals surface area contributed by atoms with Gasteiger partial charge < -0.3 is 14.2 Å². The normalized spacial score (nSPS) is 22.1. The van der Waals surface area contributed by atoms with Crippen LogP contribution in [0.25, 0.3) is 0 Å². The molecule has 0 aliphatic carbocycles. The van der Waals surface area contributed by atoms with Gasteiger partial charge in [-0.25, -0.2) is 0 Å². The molecule has 0 bridgehead atoms. The standard InChI is InChI=1S/C38H42O4/c1-4-28-20-22-29(23-21-28)24-32-18-12-13-19-33(32)35(39)37-38(41-26-31-16-10-7-11-17-31)36(27(3)34(5-2)42-37)40-25-30-14-8-6-9-15-30/h6-23,27,34,36-38H,4-5,24-26H2,1-3H3/t27-,34-,36+,37+,38-/m1/s1. The van der Waals surface area contributed by atoms with Crippen LogP contribution in [-0.4, -0.2) is 30.2 Å². The van der Waals surface area contributed by atoms with Gasteiger partial charge in [0.2, 0.25) is 0 Å². The van der Waals surface area contributed by atoms with Gasteiger partial charge in [-0.1, -0.05) is 130 Å². The zero-order chi connectivity index (χ0) is 29.3. The molecule has 0 unspecified atom stereocenters. The number of carbonyl (C=O) groups is 1. The number of aryl methyl sites for hydroxylation is 1. The first kappa shape index (κ1) is 29.9. The van der Waals surface area contributed by atoms with Crippen LogP contribution in [0.5, 0.6) is 0 Å². The summed E-state index contributed by atoms with van der Waals surface area (Å²) in [6, 6.07) is 36.8. The average Bonchev–Trinajstić information content (AvgIpc) is 3.04. The second kappa shape index (κ2) is 14.6. The van der Waals surface area contributed by atoms with Gasteiger partial charge in [-0.05, 0) is 47.1 Å². The first-order valence-corrected chi connectivity index (χ1v) is 15.2. The molecule has 0 aromatic heterocycles. The molecule has 1 aliphatic rings. The lowest BCUT2D eigenvalue weighted by atomic mass is 9.83. The predicted octanol–water partition coefficient (Wildman–Crippen LogP) is 8.01. The molecule has 1 aliphatic heterocycles. The lowest BCUT2D eigenvalue weighted by Gasteiger charge is -2.45. The summed E-state index contributed by atoms with van der Waals surface area (Å²) in [5.74, 6) is 0.00311. The SMILES string of the molecule is CCc1ccc(Cc2ccccc2C(=O)[C@@H]2O[C@H](CC)[C@@H](C)[C@H](OCc3ccccc3)[C@H]2OCc2ccccc2)cc1. The Labute approximate surface area is 250 Å². The minimum Gasteiger partial charge on any atom is -0.370 e. The van der Waals surface area contributed by atoms with E-state index in [1.807, 2.05) is 72.8 Å². The molecule has 1 saturated heterocycles. The Morgan fingerprint density at radius 3 is 1.81 bits per heavy atom. The second-order valence-electron chi connectivity index (χ2n) is 11.3. The molecule has 218 valence electrons. The Balaban J connectivity index is 1.45. The van der Waals surface area contributed by atoms with E-state index in [4.69, 9.17) is 14.2 Å². The third kappa shape index (κ3) is 7.25. The summed E-state index contributed by atoms with van der Waals surface area (Å²) in [4.78, 5) is 14.5. The van der Waals surface area contributed by atoms with E-state index in [9.17, 15) is 4.79 Å². The van der Waals surface area contributed by atoms with Crippen LogP contribution in [0.3, 0.4) is 0 Å². The fourth-order valence-corrected chi connectivity index (χ4v) is 5.89. The Hall–Kier alpha value is -3.57. The van der Waals surface area contributed by atoms with Crippen LogP contribution in [0.15, 0.2) is 109 Å². The van der Waals surface area contributed by atoms with Crippen molar-refractivity contribution in [3.63, 3.8) is 0 Å². The quantitative estimate of drug-likeness (QED) is 0.164. The molecular formula is C38H42O4. The largest absolute Gasteiger partial charge is 0.370 e. The minimum absolute atomic E-state index is 0.0486. The number of ether oxygens (including phenoxy) is 3. The summed E-state index contributed by atoms with van der Waals surface area (Å²) < 4.78 is 19.9. The molecule has 0 N–H and O–H groups in total. The number of rotatable bonds is 12. The maximum Gasteiger partial charge on any atom is 0.194 e. The molecule has 0 amide bonds. The van der Waals surface area contributed by atoms with Crippen LogP contribution in [0.1, 0.15) is 65.4 Å². The van der Waals surface area contributed by atoms with Crippen molar-refractivity contribution in [2.75, 3.05) is 0 Å². The average molecular weight is 563 g/mol. The lowest BCUT2D eigenvalue weighted by Crippen LogP contribution is -2.58. The topological polar surface area (TPSA) is 44.8 Å². The minimum atomic E-state index is -0.778. The molecule has 0 spiro atoms. The van der Waals surface area contributed by atoms with Gasteiger partial charge in [0.25, 0.3) is 0 Å². The highest BCUT2D eigenvalue weighted by Gasteiger charge is 2.48. The van der Waals surface area contributed by atoms with Crippen LogP contribution in [0.2, 0.25) is 0 Å². The van der Waals surface area contributed by atoms with E-state index in [-0.39, 0.29) is 23.9 Å². The smallest absolute Gasteiger partial charge is 0.194 e. The van der Waals surface area contributed by atoms with E-state index >= 15 is 0 Å².